The van der Waals surface area contributed by atoms with Gasteiger partial charge in [-0.25, -0.2) is 4.79 Å². The zero-order valence-corrected chi connectivity index (χ0v) is 17.9. The largest absolute Gasteiger partial charge is 0.416 e. The minimum absolute atomic E-state index is 0.0886. The number of nitrogens with one attached hydrogen (secondary N) is 2. The first-order chi connectivity index (χ1) is 14.4. The molecular weight excluding hydrogens is 435 g/mol. The number of halogens is 3. The van der Waals surface area contributed by atoms with E-state index < -0.39 is 34.5 Å². The maximum Gasteiger partial charge on any atom is 0.416 e. The number of hydrogen-bond donors (Lipinski definition) is 2. The van der Waals surface area contributed by atoms with Crippen molar-refractivity contribution < 1.29 is 32.3 Å². The van der Waals surface area contributed by atoms with Gasteiger partial charge in [0.05, 0.1) is 10.5 Å². The van der Waals surface area contributed by atoms with Gasteiger partial charge in [-0.1, -0.05) is 0 Å². The summed E-state index contributed by atoms with van der Waals surface area (Å²) in [6.07, 6.45) is -3.51. The third kappa shape index (κ3) is 5.40. The van der Waals surface area contributed by atoms with Gasteiger partial charge in [0.25, 0.3) is 11.1 Å². The van der Waals surface area contributed by atoms with E-state index in [1.54, 1.807) is 4.90 Å². The molecule has 0 aliphatic carbocycles. The Morgan fingerprint density at radius 3 is 2.48 bits per heavy atom. The SMILES string of the molecule is CC(C)(C)N(C(=O)Oc1ccc(C(F)(F)F)cc1C=C1SC(=O)NC1=O)C1CCNC1. The first-order valence-corrected chi connectivity index (χ1v) is 10.4. The predicted molar refractivity (Wildman–Crippen MR) is 109 cm³/mol. The maximum atomic E-state index is 13.2. The number of hydrogen-bond acceptors (Lipinski definition) is 6. The van der Waals surface area contributed by atoms with Gasteiger partial charge in [0.2, 0.25) is 0 Å². The zero-order chi connectivity index (χ0) is 23.0. The summed E-state index contributed by atoms with van der Waals surface area (Å²) in [7, 11) is 0. The highest BCUT2D eigenvalue weighted by Gasteiger charge is 2.37. The van der Waals surface area contributed by atoms with Gasteiger partial charge in [-0.15, -0.1) is 0 Å². The van der Waals surface area contributed by atoms with E-state index in [9.17, 15) is 27.6 Å². The number of alkyl halides is 3. The lowest BCUT2D eigenvalue weighted by Crippen LogP contribution is -2.53. The van der Waals surface area contributed by atoms with Gasteiger partial charge in [-0.3, -0.25) is 19.8 Å². The van der Waals surface area contributed by atoms with Crippen molar-refractivity contribution in [2.75, 3.05) is 13.1 Å². The molecule has 2 fully saturated rings. The third-order valence-electron chi connectivity index (χ3n) is 4.78. The summed E-state index contributed by atoms with van der Waals surface area (Å²) < 4.78 is 45.2. The molecule has 2 aliphatic rings. The fraction of sp³-hybridized carbons (Fsp3) is 0.450. The summed E-state index contributed by atoms with van der Waals surface area (Å²) in [5, 5.41) is 4.58. The standard InChI is InChI=1S/C20H22F3N3O4S/c1-19(2,3)26(13-6-7-24-10-13)18(29)30-14-5-4-12(20(21,22)23)8-11(14)9-15-16(27)25-17(28)31-15/h4-5,8-9,13,24H,6-7,10H2,1-3H3,(H,25,27,28). The van der Waals surface area contributed by atoms with Crippen molar-refractivity contribution >= 4 is 35.1 Å². The lowest BCUT2D eigenvalue weighted by Gasteiger charge is -2.39. The molecule has 0 radical (unpaired) electrons. The average molecular weight is 457 g/mol. The van der Waals surface area contributed by atoms with E-state index in [0.29, 0.717) is 18.3 Å². The fourth-order valence-electron chi connectivity index (χ4n) is 3.47. The number of rotatable bonds is 3. The first kappa shape index (κ1) is 23.1. The van der Waals surface area contributed by atoms with Gasteiger partial charge in [0, 0.05) is 23.7 Å². The minimum atomic E-state index is -4.64. The van der Waals surface area contributed by atoms with Crippen LogP contribution in [0.3, 0.4) is 0 Å². The lowest BCUT2D eigenvalue weighted by molar-refractivity contribution is -0.137. The van der Waals surface area contributed by atoms with Gasteiger partial charge < -0.3 is 10.1 Å². The molecule has 2 heterocycles. The van der Waals surface area contributed by atoms with Gasteiger partial charge in [-0.2, -0.15) is 13.2 Å². The molecule has 2 aliphatic heterocycles. The molecule has 1 unspecified atom stereocenters. The number of carbonyl (C=O) groups excluding carboxylic acids is 3. The molecule has 1 aromatic rings. The van der Waals surface area contributed by atoms with Crippen LogP contribution in [0.1, 0.15) is 38.3 Å². The Morgan fingerprint density at radius 2 is 1.97 bits per heavy atom. The number of carbonyl (C=O) groups is 3. The second-order valence-corrected chi connectivity index (χ2v) is 9.17. The van der Waals surface area contributed by atoms with Crippen molar-refractivity contribution in [3.05, 3.63) is 34.2 Å². The monoisotopic (exact) mass is 457 g/mol. The van der Waals surface area contributed by atoms with Crippen LogP contribution in [0.15, 0.2) is 23.1 Å². The van der Waals surface area contributed by atoms with Crippen LogP contribution in [-0.4, -0.2) is 46.8 Å². The Kier molecular flexibility index (Phi) is 6.38. The Balaban J connectivity index is 1.97. The van der Waals surface area contributed by atoms with Crippen molar-refractivity contribution in [2.45, 2.75) is 44.9 Å². The predicted octanol–water partition coefficient (Wildman–Crippen LogP) is 3.99. The van der Waals surface area contributed by atoms with Crippen molar-refractivity contribution in [1.82, 2.24) is 15.5 Å². The molecule has 1 aromatic carbocycles. The highest BCUT2D eigenvalue weighted by molar-refractivity contribution is 8.18. The van der Waals surface area contributed by atoms with E-state index in [0.717, 1.165) is 37.2 Å². The molecule has 0 saturated carbocycles. The molecule has 3 amide bonds. The Hall–Kier alpha value is -2.53. The van der Waals surface area contributed by atoms with Crippen LogP contribution in [0.5, 0.6) is 5.75 Å². The van der Waals surface area contributed by atoms with Crippen molar-refractivity contribution in [1.29, 1.82) is 0 Å². The molecule has 2 N–H and O–H groups in total. The topological polar surface area (TPSA) is 87.7 Å². The van der Waals surface area contributed by atoms with Gasteiger partial charge in [0.1, 0.15) is 5.75 Å². The number of nitrogens with zero attached hydrogens (tertiary/aromatic N) is 1. The summed E-state index contributed by atoms with van der Waals surface area (Å²) in [6, 6.07) is 2.50. The van der Waals surface area contributed by atoms with Gasteiger partial charge in [-0.05, 0) is 69.8 Å². The van der Waals surface area contributed by atoms with Gasteiger partial charge >= 0.3 is 12.3 Å². The van der Waals surface area contributed by atoms with Crippen LogP contribution in [-0.2, 0) is 11.0 Å². The van der Waals surface area contributed by atoms with Crippen LogP contribution >= 0.6 is 11.8 Å². The number of amides is 3. The molecule has 0 aromatic heterocycles. The van der Waals surface area contributed by atoms with E-state index in [4.69, 9.17) is 4.74 Å². The molecule has 1 atom stereocenters. The molecule has 2 saturated heterocycles. The van der Waals surface area contributed by atoms with Crippen molar-refractivity contribution in [3.63, 3.8) is 0 Å². The van der Waals surface area contributed by atoms with Crippen molar-refractivity contribution in [3.8, 4) is 5.75 Å². The van der Waals surface area contributed by atoms with Crippen LogP contribution in [0, 0.1) is 0 Å². The quantitative estimate of drug-likeness (QED) is 0.668. The third-order valence-corrected chi connectivity index (χ3v) is 5.59. The molecule has 7 nitrogen and oxygen atoms in total. The Morgan fingerprint density at radius 1 is 1.26 bits per heavy atom. The second-order valence-electron chi connectivity index (χ2n) is 8.16. The molecule has 11 heteroatoms. The average Bonchev–Trinajstić information content (AvgIpc) is 3.24. The Bertz CT molecular complexity index is 935. The molecule has 3 rings (SSSR count). The van der Waals surface area contributed by atoms with E-state index in [2.05, 4.69) is 5.32 Å². The van der Waals surface area contributed by atoms with Gasteiger partial charge in [0.15, 0.2) is 0 Å². The zero-order valence-electron chi connectivity index (χ0n) is 17.1. The summed E-state index contributed by atoms with van der Waals surface area (Å²) in [5.41, 5.74) is -1.69. The number of benzene rings is 1. The second kappa shape index (κ2) is 8.54. The molecule has 0 bridgehead atoms. The Labute approximate surface area is 181 Å². The van der Waals surface area contributed by atoms with Crippen LogP contribution in [0.4, 0.5) is 22.8 Å². The minimum Gasteiger partial charge on any atom is -0.410 e. The molecule has 31 heavy (non-hydrogen) atoms. The normalized spacial score (nSPS) is 20.8. The summed E-state index contributed by atoms with van der Waals surface area (Å²) in [6.45, 7) is 6.84. The maximum absolute atomic E-state index is 13.2. The van der Waals surface area contributed by atoms with Crippen LogP contribution in [0.2, 0.25) is 0 Å². The van der Waals surface area contributed by atoms with E-state index in [1.165, 1.54) is 0 Å². The highest BCUT2D eigenvalue weighted by Crippen LogP contribution is 2.36. The molecule has 0 spiro atoms. The number of thioether (sulfide) groups is 1. The highest BCUT2D eigenvalue weighted by atomic mass is 32.2. The van der Waals surface area contributed by atoms with Crippen molar-refractivity contribution in [2.24, 2.45) is 0 Å². The summed E-state index contributed by atoms with van der Waals surface area (Å²) in [5.74, 6) is -0.864. The summed E-state index contributed by atoms with van der Waals surface area (Å²) >= 11 is 0.562. The summed E-state index contributed by atoms with van der Waals surface area (Å²) in [4.78, 5) is 37.8. The van der Waals surface area contributed by atoms with Crippen LogP contribution in [0.25, 0.3) is 6.08 Å². The van der Waals surface area contributed by atoms with E-state index in [1.807, 2.05) is 26.1 Å². The molecular formula is C20H22F3N3O4S. The smallest absolute Gasteiger partial charge is 0.410 e. The fourth-order valence-corrected chi connectivity index (χ4v) is 4.14. The molecule has 168 valence electrons. The number of imide groups is 1. The lowest BCUT2D eigenvalue weighted by atomic mass is 10.0. The van der Waals surface area contributed by atoms with Crippen LogP contribution < -0.4 is 15.4 Å². The first-order valence-electron chi connectivity index (χ1n) is 9.54. The van der Waals surface area contributed by atoms with E-state index >= 15 is 0 Å². The number of ether oxygens (including phenoxy) is 1. The van der Waals surface area contributed by atoms with E-state index in [-0.39, 0.29) is 22.3 Å².